The Bertz CT molecular complexity index is 475. The van der Waals surface area contributed by atoms with E-state index in [0.717, 1.165) is 22.4 Å². The summed E-state index contributed by atoms with van der Waals surface area (Å²) in [6, 6.07) is 5.88. The summed E-state index contributed by atoms with van der Waals surface area (Å²) in [6.07, 6.45) is 1.02. The Balaban J connectivity index is 2.28. The van der Waals surface area contributed by atoms with Gasteiger partial charge in [-0.1, -0.05) is 13.0 Å². The molecule has 1 aliphatic heterocycles. The quantitative estimate of drug-likeness (QED) is 0.844. The fourth-order valence-electron chi connectivity index (χ4n) is 2.43. The zero-order valence-electron chi connectivity index (χ0n) is 11.7. The molecule has 1 aromatic carbocycles. The van der Waals surface area contributed by atoms with Crippen LogP contribution in [0.1, 0.15) is 36.2 Å². The number of thiol groups is 1. The number of rotatable bonds is 2. The van der Waals surface area contributed by atoms with Crippen molar-refractivity contribution in [2.45, 2.75) is 44.2 Å². The molecule has 0 spiro atoms. The van der Waals surface area contributed by atoms with Gasteiger partial charge < -0.3 is 9.64 Å². The van der Waals surface area contributed by atoms with Crippen molar-refractivity contribution in [3.63, 3.8) is 0 Å². The third-order valence-electron chi connectivity index (χ3n) is 3.65. The first-order valence-corrected chi connectivity index (χ1v) is 7.19. The van der Waals surface area contributed by atoms with E-state index in [9.17, 15) is 4.79 Å². The first kappa shape index (κ1) is 14.4. The van der Waals surface area contributed by atoms with Crippen molar-refractivity contribution in [1.29, 1.82) is 0 Å². The van der Waals surface area contributed by atoms with E-state index in [2.05, 4.69) is 19.6 Å². The van der Waals surface area contributed by atoms with Gasteiger partial charge in [0.25, 0.3) is 5.91 Å². The summed E-state index contributed by atoms with van der Waals surface area (Å²) in [5.74, 6) is 0.0930. The van der Waals surface area contributed by atoms with Crippen LogP contribution in [0.25, 0.3) is 0 Å². The Morgan fingerprint density at radius 2 is 2.26 bits per heavy atom. The number of benzene rings is 1. The van der Waals surface area contributed by atoms with Crippen LogP contribution in [-0.2, 0) is 4.74 Å². The van der Waals surface area contributed by atoms with Gasteiger partial charge in [0, 0.05) is 17.0 Å². The summed E-state index contributed by atoms with van der Waals surface area (Å²) in [5.41, 5.74) is 1.75. The van der Waals surface area contributed by atoms with Crippen LogP contribution >= 0.6 is 12.6 Å². The maximum atomic E-state index is 12.7. The molecule has 2 unspecified atom stereocenters. The Hall–Kier alpha value is -1.00. The number of morpholine rings is 1. The number of hydrogen-bond acceptors (Lipinski definition) is 3. The molecule has 3 nitrogen and oxygen atoms in total. The third kappa shape index (κ3) is 3.12. The van der Waals surface area contributed by atoms with Crippen molar-refractivity contribution in [3.05, 3.63) is 29.3 Å². The highest BCUT2D eigenvalue weighted by Gasteiger charge is 2.30. The van der Waals surface area contributed by atoms with E-state index >= 15 is 0 Å². The molecule has 1 aromatic rings. The van der Waals surface area contributed by atoms with E-state index in [4.69, 9.17) is 4.74 Å². The predicted octanol–water partition coefficient (Wildman–Crippen LogP) is 2.92. The van der Waals surface area contributed by atoms with Gasteiger partial charge >= 0.3 is 0 Å². The molecule has 2 rings (SSSR count). The molecule has 0 radical (unpaired) electrons. The summed E-state index contributed by atoms with van der Waals surface area (Å²) in [4.78, 5) is 15.5. The van der Waals surface area contributed by atoms with E-state index in [1.54, 1.807) is 0 Å². The number of ether oxygens (including phenoxy) is 1. The molecule has 19 heavy (non-hydrogen) atoms. The predicted molar refractivity (Wildman–Crippen MR) is 79.0 cm³/mol. The van der Waals surface area contributed by atoms with Crippen molar-refractivity contribution >= 4 is 18.5 Å². The molecule has 1 heterocycles. The largest absolute Gasteiger partial charge is 0.375 e. The number of amides is 1. The second-order valence-corrected chi connectivity index (χ2v) is 5.68. The lowest BCUT2D eigenvalue weighted by molar-refractivity contribution is -0.0444. The van der Waals surface area contributed by atoms with Crippen LogP contribution in [0, 0.1) is 6.92 Å². The summed E-state index contributed by atoms with van der Waals surface area (Å²) in [7, 11) is 0. The standard InChI is InChI=1S/C15H21NO2S/c1-4-12-9-18-11(3)8-16(12)15(17)14-7-13(19)6-5-10(14)2/h5-7,11-12,19H,4,8-9H2,1-3H3. The van der Waals surface area contributed by atoms with Crippen molar-refractivity contribution in [3.8, 4) is 0 Å². The van der Waals surface area contributed by atoms with Crippen LogP contribution in [0.5, 0.6) is 0 Å². The molecule has 1 amide bonds. The van der Waals surface area contributed by atoms with Gasteiger partial charge in [0.2, 0.25) is 0 Å². The fourth-order valence-corrected chi connectivity index (χ4v) is 2.63. The third-order valence-corrected chi connectivity index (χ3v) is 3.93. The Morgan fingerprint density at radius 3 is 2.95 bits per heavy atom. The molecule has 104 valence electrons. The normalized spacial score (nSPS) is 23.5. The molecule has 0 bridgehead atoms. The van der Waals surface area contributed by atoms with E-state index in [-0.39, 0.29) is 18.1 Å². The highest BCUT2D eigenvalue weighted by atomic mass is 32.1. The zero-order valence-corrected chi connectivity index (χ0v) is 12.6. The van der Waals surface area contributed by atoms with Gasteiger partial charge in [-0.25, -0.2) is 0 Å². The van der Waals surface area contributed by atoms with E-state index in [1.807, 2.05) is 36.9 Å². The molecule has 0 aliphatic carbocycles. The van der Waals surface area contributed by atoms with E-state index < -0.39 is 0 Å². The van der Waals surface area contributed by atoms with Crippen LogP contribution in [-0.4, -0.2) is 36.1 Å². The average Bonchev–Trinajstić information content (AvgIpc) is 2.40. The molecule has 0 aromatic heterocycles. The van der Waals surface area contributed by atoms with Crippen LogP contribution in [0.4, 0.5) is 0 Å². The molecule has 1 aliphatic rings. The fraction of sp³-hybridized carbons (Fsp3) is 0.533. The van der Waals surface area contributed by atoms with Gasteiger partial charge in [-0.2, -0.15) is 0 Å². The molecule has 2 atom stereocenters. The zero-order chi connectivity index (χ0) is 14.0. The molecule has 4 heteroatoms. The average molecular weight is 279 g/mol. The molecule has 0 N–H and O–H groups in total. The second-order valence-electron chi connectivity index (χ2n) is 5.16. The molecule has 1 fully saturated rings. The topological polar surface area (TPSA) is 29.5 Å². The minimum atomic E-state index is 0.0930. The molecule has 0 saturated carbocycles. The monoisotopic (exact) mass is 279 g/mol. The first-order valence-electron chi connectivity index (χ1n) is 6.75. The van der Waals surface area contributed by atoms with E-state index in [1.165, 1.54) is 0 Å². The summed E-state index contributed by atoms with van der Waals surface area (Å²) in [5, 5.41) is 0. The van der Waals surface area contributed by atoms with Crippen LogP contribution in [0.15, 0.2) is 23.1 Å². The van der Waals surface area contributed by atoms with Crippen LogP contribution < -0.4 is 0 Å². The van der Waals surface area contributed by atoms with Gasteiger partial charge in [-0.05, 0) is 38.0 Å². The lowest BCUT2D eigenvalue weighted by Crippen LogP contribution is -2.51. The number of aryl methyl sites for hydroxylation is 1. The van der Waals surface area contributed by atoms with Gasteiger partial charge in [-0.15, -0.1) is 12.6 Å². The van der Waals surface area contributed by atoms with Gasteiger partial charge in [-0.3, -0.25) is 4.79 Å². The van der Waals surface area contributed by atoms with Gasteiger partial charge in [0.05, 0.1) is 18.8 Å². The van der Waals surface area contributed by atoms with Gasteiger partial charge in [0.15, 0.2) is 0 Å². The number of carbonyl (C=O) groups is 1. The number of hydrogen-bond donors (Lipinski definition) is 1. The Morgan fingerprint density at radius 1 is 1.53 bits per heavy atom. The minimum Gasteiger partial charge on any atom is -0.375 e. The first-order chi connectivity index (χ1) is 9.02. The lowest BCUT2D eigenvalue weighted by Gasteiger charge is -2.38. The number of carbonyl (C=O) groups excluding carboxylic acids is 1. The van der Waals surface area contributed by atoms with Crippen molar-refractivity contribution < 1.29 is 9.53 Å². The highest BCUT2D eigenvalue weighted by molar-refractivity contribution is 7.80. The highest BCUT2D eigenvalue weighted by Crippen LogP contribution is 2.21. The van der Waals surface area contributed by atoms with Crippen LogP contribution in [0.3, 0.4) is 0 Å². The van der Waals surface area contributed by atoms with Crippen LogP contribution in [0.2, 0.25) is 0 Å². The summed E-state index contributed by atoms with van der Waals surface area (Å²) >= 11 is 4.33. The lowest BCUT2D eigenvalue weighted by atomic mass is 10.0. The second kappa shape index (κ2) is 5.97. The van der Waals surface area contributed by atoms with Crippen molar-refractivity contribution in [2.24, 2.45) is 0 Å². The minimum absolute atomic E-state index is 0.0930. The molecule has 1 saturated heterocycles. The van der Waals surface area contributed by atoms with Crippen molar-refractivity contribution in [1.82, 2.24) is 4.90 Å². The molecular formula is C15H21NO2S. The Kier molecular flexibility index (Phi) is 4.53. The van der Waals surface area contributed by atoms with Gasteiger partial charge in [0.1, 0.15) is 0 Å². The Labute approximate surface area is 120 Å². The van der Waals surface area contributed by atoms with Crippen molar-refractivity contribution in [2.75, 3.05) is 13.2 Å². The maximum Gasteiger partial charge on any atom is 0.254 e. The van der Waals surface area contributed by atoms with E-state index in [0.29, 0.717) is 13.2 Å². The summed E-state index contributed by atoms with van der Waals surface area (Å²) < 4.78 is 5.64. The SMILES string of the molecule is CCC1COC(C)CN1C(=O)c1cc(S)ccc1C. The maximum absolute atomic E-state index is 12.7. The number of nitrogens with zero attached hydrogens (tertiary/aromatic N) is 1. The molecular weight excluding hydrogens is 258 g/mol. The summed E-state index contributed by atoms with van der Waals surface area (Å²) in [6.45, 7) is 7.35. The smallest absolute Gasteiger partial charge is 0.254 e.